The molecule has 8 unspecified atom stereocenters. The molecule has 26 heavy (non-hydrogen) atoms. The highest BCUT2D eigenvalue weighted by Crippen LogP contribution is 2.66. The predicted molar refractivity (Wildman–Crippen MR) is 100 cm³/mol. The second-order valence-electron chi connectivity index (χ2n) is 11.8. The zero-order chi connectivity index (χ0) is 18.3. The van der Waals surface area contributed by atoms with Crippen LogP contribution in [0.15, 0.2) is 0 Å². The molecule has 8 fully saturated rings. The van der Waals surface area contributed by atoms with E-state index in [0.29, 0.717) is 22.7 Å². The van der Waals surface area contributed by atoms with Crippen LogP contribution in [-0.2, 0) is 18.6 Å². The fourth-order valence-electron chi connectivity index (χ4n) is 7.72. The first kappa shape index (κ1) is 16.9. The van der Waals surface area contributed by atoms with Gasteiger partial charge in [-0.3, -0.25) is 0 Å². The Labute approximate surface area is 158 Å². The van der Waals surface area contributed by atoms with Crippen LogP contribution in [0.2, 0.25) is 0 Å². The van der Waals surface area contributed by atoms with Crippen LogP contribution in [-0.4, -0.2) is 37.4 Å². The van der Waals surface area contributed by atoms with Gasteiger partial charge in [-0.05, 0) is 74.0 Å². The molecule has 0 N–H and O–H groups in total. The highest BCUT2D eigenvalue weighted by Gasteiger charge is 2.72. The normalized spacial score (nSPS) is 57.9. The summed E-state index contributed by atoms with van der Waals surface area (Å²) in [4.78, 5) is 0. The summed E-state index contributed by atoms with van der Waals surface area (Å²) >= 11 is 0. The molecular formula is C20H32B2O4. The molecule has 8 aliphatic rings. The van der Waals surface area contributed by atoms with Gasteiger partial charge in [-0.25, -0.2) is 0 Å². The minimum Gasteiger partial charge on any atom is -0.407 e. The molecule has 0 amide bonds. The molecule has 0 aromatic heterocycles. The third kappa shape index (κ3) is 1.79. The van der Waals surface area contributed by atoms with E-state index in [1.807, 2.05) is 0 Å². The molecule has 2 heterocycles. The van der Waals surface area contributed by atoms with Gasteiger partial charge in [0.05, 0.1) is 23.4 Å². The second-order valence-corrected chi connectivity index (χ2v) is 11.8. The first-order valence-corrected chi connectivity index (χ1v) is 10.7. The average molecular weight is 358 g/mol. The van der Waals surface area contributed by atoms with Gasteiger partial charge in [-0.1, -0.05) is 27.7 Å². The summed E-state index contributed by atoms with van der Waals surface area (Å²) < 4.78 is 26.1. The first-order chi connectivity index (χ1) is 12.0. The summed E-state index contributed by atoms with van der Waals surface area (Å²) in [7, 11) is -0.745. The standard InChI is InChI=1S/C20H32B2O4/c1-17(2)11-7-13(17)15-19(5,9-11)25-21(23-15)22-24-16-14-8-12(18(14,3)4)10-20(16,6)26-22/h11-16H,7-10H2,1-6H3. The van der Waals surface area contributed by atoms with E-state index in [1.54, 1.807) is 0 Å². The molecule has 6 aliphatic carbocycles. The summed E-state index contributed by atoms with van der Waals surface area (Å²) in [6.45, 7) is 14.1. The topological polar surface area (TPSA) is 36.9 Å². The predicted octanol–water partition coefficient (Wildman–Crippen LogP) is 3.52. The maximum absolute atomic E-state index is 6.52. The fraction of sp³-hybridized carbons (Fsp3) is 1.00. The Bertz CT molecular complexity index is 612. The Morgan fingerprint density at radius 2 is 1.04 bits per heavy atom. The van der Waals surface area contributed by atoms with Crippen LogP contribution >= 0.6 is 0 Å². The molecule has 6 heteroatoms. The van der Waals surface area contributed by atoms with Crippen LogP contribution in [0.3, 0.4) is 0 Å². The second kappa shape index (κ2) is 4.58. The Morgan fingerprint density at radius 3 is 1.38 bits per heavy atom. The van der Waals surface area contributed by atoms with E-state index in [1.165, 1.54) is 12.8 Å². The third-order valence-electron chi connectivity index (χ3n) is 9.89. The molecule has 4 bridgehead atoms. The molecule has 142 valence electrons. The van der Waals surface area contributed by atoms with Gasteiger partial charge >= 0.3 is 14.0 Å². The lowest BCUT2D eigenvalue weighted by molar-refractivity contribution is -0.185. The molecule has 0 aromatic carbocycles. The van der Waals surface area contributed by atoms with Crippen LogP contribution in [0, 0.1) is 34.5 Å². The minimum absolute atomic E-state index is 0.170. The largest absolute Gasteiger partial charge is 0.488 e. The lowest BCUT2D eigenvalue weighted by atomic mass is 9.45. The molecule has 6 saturated carbocycles. The molecule has 0 radical (unpaired) electrons. The average Bonchev–Trinajstić information content (AvgIpc) is 3.10. The zero-order valence-electron chi connectivity index (χ0n) is 17.1. The van der Waals surface area contributed by atoms with Gasteiger partial charge < -0.3 is 18.6 Å². The molecule has 2 saturated heterocycles. The lowest BCUT2D eigenvalue weighted by Gasteiger charge is -2.63. The van der Waals surface area contributed by atoms with Crippen molar-refractivity contribution < 1.29 is 18.6 Å². The van der Waals surface area contributed by atoms with Crippen molar-refractivity contribution >= 4 is 14.0 Å². The minimum atomic E-state index is -0.372. The van der Waals surface area contributed by atoms with Gasteiger partial charge in [0, 0.05) is 0 Å². The van der Waals surface area contributed by atoms with Gasteiger partial charge in [0.1, 0.15) is 0 Å². The molecule has 0 aromatic rings. The Kier molecular flexibility index (Phi) is 2.97. The summed E-state index contributed by atoms with van der Waals surface area (Å²) in [5.41, 5.74) is 0.420. The van der Waals surface area contributed by atoms with Crippen molar-refractivity contribution in [1.82, 2.24) is 0 Å². The molecule has 0 spiro atoms. The van der Waals surface area contributed by atoms with Gasteiger partial charge in [0.15, 0.2) is 0 Å². The monoisotopic (exact) mass is 358 g/mol. The van der Waals surface area contributed by atoms with Crippen molar-refractivity contribution in [3.05, 3.63) is 0 Å². The van der Waals surface area contributed by atoms with E-state index in [9.17, 15) is 0 Å². The molecule has 4 nitrogen and oxygen atoms in total. The Balaban J connectivity index is 1.23. The van der Waals surface area contributed by atoms with E-state index in [4.69, 9.17) is 18.6 Å². The van der Waals surface area contributed by atoms with Crippen LogP contribution in [0.1, 0.15) is 67.2 Å². The van der Waals surface area contributed by atoms with E-state index >= 15 is 0 Å². The quantitative estimate of drug-likeness (QED) is 0.673. The van der Waals surface area contributed by atoms with E-state index in [2.05, 4.69) is 41.5 Å². The third-order valence-corrected chi connectivity index (χ3v) is 9.89. The zero-order valence-corrected chi connectivity index (χ0v) is 17.1. The summed E-state index contributed by atoms with van der Waals surface area (Å²) in [6.07, 6.45) is 5.13. The molecular weight excluding hydrogens is 326 g/mol. The molecule has 2 aliphatic heterocycles. The van der Waals surface area contributed by atoms with Crippen molar-refractivity contribution in [2.45, 2.75) is 90.6 Å². The SMILES string of the molecule is CC12CC3CC(C1OB(B1OC4C5CC(CC4(C)O1)C5(C)C)O2)C3(C)C. The summed E-state index contributed by atoms with van der Waals surface area (Å²) in [6, 6.07) is 0. The van der Waals surface area contributed by atoms with Crippen molar-refractivity contribution in [3.8, 4) is 0 Å². The maximum Gasteiger partial charge on any atom is 0.488 e. The molecule has 8 rings (SSSR count). The van der Waals surface area contributed by atoms with Gasteiger partial charge in [0.2, 0.25) is 0 Å². The smallest absolute Gasteiger partial charge is 0.407 e. The summed E-state index contributed by atoms with van der Waals surface area (Å²) in [5.74, 6) is 2.72. The highest BCUT2D eigenvalue weighted by molar-refractivity contribution is 7.11. The van der Waals surface area contributed by atoms with E-state index < -0.39 is 0 Å². The van der Waals surface area contributed by atoms with E-state index in [0.717, 1.165) is 24.7 Å². The van der Waals surface area contributed by atoms with Crippen molar-refractivity contribution in [1.29, 1.82) is 0 Å². The van der Waals surface area contributed by atoms with Crippen LogP contribution in [0.4, 0.5) is 0 Å². The van der Waals surface area contributed by atoms with Crippen LogP contribution < -0.4 is 0 Å². The number of hydrogen-bond acceptors (Lipinski definition) is 4. The number of hydrogen-bond donors (Lipinski definition) is 0. The summed E-state index contributed by atoms with van der Waals surface area (Å²) in [5, 5.41) is 0. The van der Waals surface area contributed by atoms with Crippen molar-refractivity contribution in [2.24, 2.45) is 34.5 Å². The lowest BCUT2D eigenvalue weighted by Crippen LogP contribution is -2.63. The fourth-order valence-corrected chi connectivity index (χ4v) is 7.72. The Morgan fingerprint density at radius 1 is 0.654 bits per heavy atom. The number of rotatable bonds is 1. The molecule has 8 atom stereocenters. The Hall–Kier alpha value is -0.0301. The first-order valence-electron chi connectivity index (χ1n) is 10.7. The van der Waals surface area contributed by atoms with Gasteiger partial charge in [-0.15, -0.1) is 0 Å². The van der Waals surface area contributed by atoms with Crippen LogP contribution in [0.25, 0.3) is 0 Å². The maximum atomic E-state index is 6.52. The van der Waals surface area contributed by atoms with E-state index in [-0.39, 0.29) is 37.4 Å². The highest BCUT2D eigenvalue weighted by atomic mass is 16.7. The van der Waals surface area contributed by atoms with Gasteiger partial charge in [0.25, 0.3) is 0 Å². The van der Waals surface area contributed by atoms with Crippen molar-refractivity contribution in [3.63, 3.8) is 0 Å². The van der Waals surface area contributed by atoms with Crippen molar-refractivity contribution in [2.75, 3.05) is 0 Å². The van der Waals surface area contributed by atoms with Gasteiger partial charge in [-0.2, -0.15) is 0 Å². The van der Waals surface area contributed by atoms with Crippen LogP contribution in [0.5, 0.6) is 0 Å².